The normalized spacial score (nSPS) is 10.2. The SMILES string of the molecule is Cc1ccc(C)c(NC(=O)c2cncnc2C)c1. The quantitative estimate of drug-likeness (QED) is 0.879. The van der Waals surface area contributed by atoms with Crippen molar-refractivity contribution in [2.75, 3.05) is 5.32 Å². The second kappa shape index (κ2) is 4.96. The Hall–Kier alpha value is -2.23. The molecule has 0 unspecified atom stereocenters. The fourth-order valence-corrected chi connectivity index (χ4v) is 1.67. The maximum Gasteiger partial charge on any atom is 0.259 e. The van der Waals surface area contributed by atoms with Crippen molar-refractivity contribution < 1.29 is 4.79 Å². The highest BCUT2D eigenvalue weighted by molar-refractivity contribution is 6.05. The summed E-state index contributed by atoms with van der Waals surface area (Å²) in [5, 5.41) is 2.89. The Morgan fingerprint density at radius 3 is 2.72 bits per heavy atom. The minimum atomic E-state index is -0.179. The fourth-order valence-electron chi connectivity index (χ4n) is 1.67. The van der Waals surface area contributed by atoms with Gasteiger partial charge < -0.3 is 5.32 Å². The van der Waals surface area contributed by atoms with Gasteiger partial charge in [-0.3, -0.25) is 4.79 Å². The Morgan fingerprint density at radius 2 is 2.00 bits per heavy atom. The number of anilines is 1. The molecule has 4 nitrogen and oxygen atoms in total. The van der Waals surface area contributed by atoms with Gasteiger partial charge in [-0.1, -0.05) is 12.1 Å². The van der Waals surface area contributed by atoms with Gasteiger partial charge in [-0.05, 0) is 38.0 Å². The van der Waals surface area contributed by atoms with E-state index >= 15 is 0 Å². The van der Waals surface area contributed by atoms with E-state index in [9.17, 15) is 4.79 Å². The van der Waals surface area contributed by atoms with E-state index in [1.807, 2.05) is 32.0 Å². The van der Waals surface area contributed by atoms with E-state index in [0.717, 1.165) is 16.8 Å². The molecule has 0 aliphatic rings. The lowest BCUT2D eigenvalue weighted by molar-refractivity contribution is 0.102. The molecule has 2 aromatic rings. The van der Waals surface area contributed by atoms with Gasteiger partial charge in [0.15, 0.2) is 0 Å². The van der Waals surface area contributed by atoms with Gasteiger partial charge in [0.25, 0.3) is 5.91 Å². The van der Waals surface area contributed by atoms with E-state index in [0.29, 0.717) is 11.3 Å². The predicted molar refractivity (Wildman–Crippen MR) is 70.6 cm³/mol. The standard InChI is InChI=1S/C14H15N3O/c1-9-4-5-10(2)13(6-9)17-14(18)12-7-15-8-16-11(12)3/h4-8H,1-3H3,(H,17,18). The van der Waals surface area contributed by atoms with Crippen LogP contribution in [0.25, 0.3) is 0 Å². The second-order valence-electron chi connectivity index (χ2n) is 4.29. The lowest BCUT2D eigenvalue weighted by atomic mass is 10.1. The molecule has 92 valence electrons. The van der Waals surface area contributed by atoms with Crippen LogP contribution in [0.1, 0.15) is 27.2 Å². The minimum Gasteiger partial charge on any atom is -0.322 e. The van der Waals surface area contributed by atoms with Crippen LogP contribution in [0.15, 0.2) is 30.7 Å². The van der Waals surface area contributed by atoms with Crippen molar-refractivity contribution >= 4 is 11.6 Å². The predicted octanol–water partition coefficient (Wildman–Crippen LogP) is 2.65. The van der Waals surface area contributed by atoms with Crippen LogP contribution in [0.2, 0.25) is 0 Å². The van der Waals surface area contributed by atoms with E-state index < -0.39 is 0 Å². The summed E-state index contributed by atoms with van der Waals surface area (Å²) < 4.78 is 0. The monoisotopic (exact) mass is 241 g/mol. The van der Waals surface area contributed by atoms with Crippen LogP contribution in [0, 0.1) is 20.8 Å². The number of aryl methyl sites for hydroxylation is 3. The maximum atomic E-state index is 12.1. The van der Waals surface area contributed by atoms with Gasteiger partial charge in [0.2, 0.25) is 0 Å². The molecule has 1 aromatic heterocycles. The third kappa shape index (κ3) is 2.53. The van der Waals surface area contributed by atoms with Crippen molar-refractivity contribution in [2.24, 2.45) is 0 Å². The number of aromatic nitrogens is 2. The topological polar surface area (TPSA) is 54.9 Å². The molecule has 4 heteroatoms. The number of nitrogens with zero attached hydrogens (tertiary/aromatic N) is 2. The largest absolute Gasteiger partial charge is 0.322 e. The van der Waals surface area contributed by atoms with Crippen LogP contribution in [0.3, 0.4) is 0 Å². The molecule has 0 bridgehead atoms. The van der Waals surface area contributed by atoms with E-state index in [1.54, 1.807) is 6.92 Å². The van der Waals surface area contributed by atoms with Crippen molar-refractivity contribution in [3.63, 3.8) is 0 Å². The van der Waals surface area contributed by atoms with Crippen molar-refractivity contribution in [2.45, 2.75) is 20.8 Å². The van der Waals surface area contributed by atoms with Crippen LogP contribution in [-0.4, -0.2) is 15.9 Å². The van der Waals surface area contributed by atoms with Gasteiger partial charge >= 0.3 is 0 Å². The van der Waals surface area contributed by atoms with Crippen LogP contribution >= 0.6 is 0 Å². The molecule has 0 fully saturated rings. The number of carbonyl (C=O) groups excluding carboxylic acids is 1. The second-order valence-corrected chi connectivity index (χ2v) is 4.29. The van der Waals surface area contributed by atoms with E-state index in [4.69, 9.17) is 0 Å². The number of rotatable bonds is 2. The molecular formula is C14H15N3O. The Kier molecular flexibility index (Phi) is 3.37. The van der Waals surface area contributed by atoms with E-state index in [2.05, 4.69) is 15.3 Å². The molecule has 1 N–H and O–H groups in total. The summed E-state index contributed by atoms with van der Waals surface area (Å²) in [6.07, 6.45) is 2.97. The number of hydrogen-bond acceptors (Lipinski definition) is 3. The van der Waals surface area contributed by atoms with Crippen molar-refractivity contribution in [1.29, 1.82) is 0 Å². The highest BCUT2D eigenvalue weighted by Gasteiger charge is 2.11. The lowest BCUT2D eigenvalue weighted by Crippen LogP contribution is -2.15. The molecule has 0 radical (unpaired) electrons. The minimum absolute atomic E-state index is 0.179. The van der Waals surface area contributed by atoms with Gasteiger partial charge in [-0.25, -0.2) is 9.97 Å². The molecule has 0 atom stereocenters. The average Bonchev–Trinajstić information content (AvgIpc) is 2.34. The summed E-state index contributed by atoms with van der Waals surface area (Å²) >= 11 is 0. The summed E-state index contributed by atoms with van der Waals surface area (Å²) in [5.74, 6) is -0.179. The summed E-state index contributed by atoms with van der Waals surface area (Å²) in [4.78, 5) is 20.0. The number of hydrogen-bond donors (Lipinski definition) is 1. The van der Waals surface area contributed by atoms with Crippen molar-refractivity contribution in [3.8, 4) is 0 Å². The molecule has 0 saturated heterocycles. The van der Waals surface area contributed by atoms with Crippen LogP contribution in [0.4, 0.5) is 5.69 Å². The summed E-state index contributed by atoms with van der Waals surface area (Å²) in [5.41, 5.74) is 4.13. The van der Waals surface area contributed by atoms with E-state index in [1.165, 1.54) is 12.5 Å². The summed E-state index contributed by atoms with van der Waals surface area (Å²) in [7, 11) is 0. The molecule has 1 heterocycles. The highest BCUT2D eigenvalue weighted by Crippen LogP contribution is 2.17. The summed E-state index contributed by atoms with van der Waals surface area (Å²) in [6.45, 7) is 5.75. The first kappa shape index (κ1) is 12.2. The zero-order valence-corrected chi connectivity index (χ0v) is 10.7. The first-order valence-electron chi connectivity index (χ1n) is 5.73. The lowest BCUT2D eigenvalue weighted by Gasteiger charge is -2.10. The number of benzene rings is 1. The third-order valence-corrected chi connectivity index (χ3v) is 2.80. The number of amides is 1. The molecular weight excluding hydrogens is 226 g/mol. The number of nitrogens with one attached hydrogen (secondary N) is 1. The van der Waals surface area contributed by atoms with Gasteiger partial charge in [0, 0.05) is 11.9 Å². The molecule has 1 amide bonds. The van der Waals surface area contributed by atoms with Gasteiger partial charge in [-0.15, -0.1) is 0 Å². The van der Waals surface area contributed by atoms with E-state index in [-0.39, 0.29) is 5.91 Å². The van der Waals surface area contributed by atoms with Crippen LogP contribution in [0.5, 0.6) is 0 Å². The number of carbonyl (C=O) groups is 1. The van der Waals surface area contributed by atoms with Gasteiger partial charge in [-0.2, -0.15) is 0 Å². The molecule has 0 saturated carbocycles. The zero-order valence-electron chi connectivity index (χ0n) is 10.7. The molecule has 1 aromatic carbocycles. The maximum absolute atomic E-state index is 12.1. The zero-order chi connectivity index (χ0) is 13.1. The Bertz CT molecular complexity index is 593. The molecule has 0 aliphatic carbocycles. The highest BCUT2D eigenvalue weighted by atomic mass is 16.1. The Morgan fingerprint density at radius 1 is 1.22 bits per heavy atom. The first-order valence-corrected chi connectivity index (χ1v) is 5.73. The van der Waals surface area contributed by atoms with Crippen molar-refractivity contribution in [3.05, 3.63) is 53.1 Å². The molecule has 18 heavy (non-hydrogen) atoms. The Balaban J connectivity index is 2.27. The molecule has 2 rings (SSSR count). The van der Waals surface area contributed by atoms with Crippen LogP contribution < -0.4 is 5.32 Å². The third-order valence-electron chi connectivity index (χ3n) is 2.80. The fraction of sp³-hybridized carbons (Fsp3) is 0.214. The van der Waals surface area contributed by atoms with Gasteiger partial charge in [0.05, 0.1) is 11.3 Å². The van der Waals surface area contributed by atoms with Gasteiger partial charge in [0.1, 0.15) is 6.33 Å². The first-order chi connectivity index (χ1) is 8.58. The molecule has 0 spiro atoms. The molecule has 0 aliphatic heterocycles. The smallest absolute Gasteiger partial charge is 0.259 e. The van der Waals surface area contributed by atoms with Crippen molar-refractivity contribution in [1.82, 2.24) is 9.97 Å². The van der Waals surface area contributed by atoms with Crippen LogP contribution in [-0.2, 0) is 0 Å². The summed E-state index contributed by atoms with van der Waals surface area (Å²) in [6, 6.07) is 5.95. The Labute approximate surface area is 106 Å². The average molecular weight is 241 g/mol.